The molecule has 0 saturated carbocycles. The second kappa shape index (κ2) is 7.02. The summed E-state index contributed by atoms with van der Waals surface area (Å²) in [5.74, 6) is 0.108. The number of benzene rings is 1. The molecule has 1 unspecified atom stereocenters. The van der Waals surface area contributed by atoms with Crippen LogP contribution in [0.3, 0.4) is 0 Å². The van der Waals surface area contributed by atoms with Crippen molar-refractivity contribution in [2.45, 2.75) is 19.5 Å². The lowest BCUT2D eigenvalue weighted by molar-refractivity contribution is -0.0503. The number of amides is 1. The molecule has 1 aromatic rings. The van der Waals surface area contributed by atoms with E-state index >= 15 is 0 Å². The lowest BCUT2D eigenvalue weighted by atomic mass is 9.99. The fourth-order valence-corrected chi connectivity index (χ4v) is 2.92. The number of carbonyl (C=O) groups excluding carboxylic acids is 1. The molecule has 1 aliphatic rings. The van der Waals surface area contributed by atoms with Crippen molar-refractivity contribution in [3.8, 4) is 5.75 Å². The van der Waals surface area contributed by atoms with E-state index in [1.165, 1.54) is 12.1 Å². The fraction of sp³-hybridized carbons (Fsp3) is 0.500. The minimum Gasteiger partial charge on any atom is -0.434 e. The fourth-order valence-electron chi connectivity index (χ4n) is 2.39. The zero-order chi connectivity index (χ0) is 14.5. The molecule has 1 amide bonds. The van der Waals surface area contributed by atoms with Crippen molar-refractivity contribution in [1.82, 2.24) is 4.90 Å². The SMILES string of the molecule is O=C(c1ccccc1OC(F)F)N1CCCC(CBr)C1. The van der Waals surface area contributed by atoms with Crippen LogP contribution in [0, 0.1) is 5.92 Å². The number of hydrogen-bond donors (Lipinski definition) is 0. The monoisotopic (exact) mass is 347 g/mol. The number of para-hydroxylation sites is 1. The highest BCUT2D eigenvalue weighted by Crippen LogP contribution is 2.25. The summed E-state index contributed by atoms with van der Waals surface area (Å²) >= 11 is 3.43. The predicted molar refractivity (Wildman–Crippen MR) is 75.5 cm³/mol. The van der Waals surface area contributed by atoms with Crippen LogP contribution in [-0.2, 0) is 0 Å². The van der Waals surface area contributed by atoms with E-state index in [0.717, 1.165) is 18.2 Å². The summed E-state index contributed by atoms with van der Waals surface area (Å²) in [5.41, 5.74) is 0.197. The third-order valence-electron chi connectivity index (χ3n) is 3.36. The number of likely N-dealkylation sites (tertiary alicyclic amines) is 1. The molecule has 0 N–H and O–H groups in total. The van der Waals surface area contributed by atoms with Gasteiger partial charge >= 0.3 is 6.61 Å². The van der Waals surface area contributed by atoms with E-state index in [1.807, 2.05) is 0 Å². The first-order valence-corrected chi connectivity index (χ1v) is 7.63. The topological polar surface area (TPSA) is 29.5 Å². The summed E-state index contributed by atoms with van der Waals surface area (Å²) in [6.45, 7) is -1.63. The Hall–Kier alpha value is -1.17. The van der Waals surface area contributed by atoms with Crippen molar-refractivity contribution in [1.29, 1.82) is 0 Å². The molecular weight excluding hydrogens is 332 g/mol. The second-order valence-corrected chi connectivity index (χ2v) is 5.44. The molecule has 3 nitrogen and oxygen atoms in total. The maximum atomic E-state index is 12.4. The van der Waals surface area contributed by atoms with Gasteiger partial charge in [-0.1, -0.05) is 28.1 Å². The van der Waals surface area contributed by atoms with Crippen molar-refractivity contribution in [2.24, 2.45) is 5.92 Å². The summed E-state index contributed by atoms with van der Waals surface area (Å²) in [6, 6.07) is 6.15. The van der Waals surface area contributed by atoms with E-state index in [1.54, 1.807) is 17.0 Å². The van der Waals surface area contributed by atoms with Gasteiger partial charge in [0.1, 0.15) is 5.75 Å². The average molecular weight is 348 g/mol. The summed E-state index contributed by atoms with van der Waals surface area (Å²) in [6.07, 6.45) is 2.00. The Bertz CT molecular complexity index is 470. The number of ether oxygens (including phenoxy) is 1. The molecule has 6 heteroatoms. The van der Waals surface area contributed by atoms with Crippen molar-refractivity contribution < 1.29 is 18.3 Å². The smallest absolute Gasteiger partial charge is 0.387 e. The van der Waals surface area contributed by atoms with Crippen LogP contribution in [0.4, 0.5) is 8.78 Å². The molecule has 20 heavy (non-hydrogen) atoms. The maximum absolute atomic E-state index is 12.4. The van der Waals surface area contributed by atoms with Gasteiger partial charge in [0.25, 0.3) is 5.91 Å². The minimum atomic E-state index is -2.93. The molecule has 1 aromatic carbocycles. The second-order valence-electron chi connectivity index (χ2n) is 4.79. The number of nitrogens with zero attached hydrogens (tertiary/aromatic N) is 1. The molecule has 0 spiro atoms. The van der Waals surface area contributed by atoms with Gasteiger partial charge in [0, 0.05) is 18.4 Å². The lowest BCUT2D eigenvalue weighted by Crippen LogP contribution is -2.40. The van der Waals surface area contributed by atoms with E-state index in [0.29, 0.717) is 19.0 Å². The van der Waals surface area contributed by atoms with Crippen molar-refractivity contribution >= 4 is 21.8 Å². The molecule has 1 aliphatic heterocycles. The summed E-state index contributed by atoms with van der Waals surface area (Å²) in [7, 11) is 0. The lowest BCUT2D eigenvalue weighted by Gasteiger charge is -2.32. The van der Waals surface area contributed by atoms with Gasteiger partial charge in [-0.25, -0.2) is 0 Å². The zero-order valence-electron chi connectivity index (χ0n) is 10.9. The largest absolute Gasteiger partial charge is 0.434 e. The first kappa shape index (κ1) is 15.2. The maximum Gasteiger partial charge on any atom is 0.387 e. The number of hydrogen-bond acceptors (Lipinski definition) is 2. The van der Waals surface area contributed by atoms with Gasteiger partial charge in [0.05, 0.1) is 5.56 Å². The van der Waals surface area contributed by atoms with Gasteiger partial charge in [-0.05, 0) is 30.9 Å². The summed E-state index contributed by atoms with van der Waals surface area (Å²) in [5, 5.41) is 0.839. The van der Waals surface area contributed by atoms with Crippen LogP contribution >= 0.6 is 15.9 Å². The minimum absolute atomic E-state index is 0.0616. The van der Waals surface area contributed by atoms with Crippen LogP contribution in [0.25, 0.3) is 0 Å². The van der Waals surface area contributed by atoms with Crippen LogP contribution in [-0.4, -0.2) is 35.8 Å². The van der Waals surface area contributed by atoms with Gasteiger partial charge in [-0.3, -0.25) is 4.79 Å². The summed E-state index contributed by atoms with van der Waals surface area (Å²) < 4.78 is 29.2. The Kier molecular flexibility index (Phi) is 5.34. The Labute approximate surface area is 125 Å². The highest BCUT2D eigenvalue weighted by Gasteiger charge is 2.26. The van der Waals surface area contributed by atoms with Crippen LogP contribution in [0.15, 0.2) is 24.3 Å². The quantitative estimate of drug-likeness (QED) is 0.779. The van der Waals surface area contributed by atoms with Gasteiger partial charge in [0.2, 0.25) is 0 Å². The van der Waals surface area contributed by atoms with Crippen LogP contribution in [0.2, 0.25) is 0 Å². The number of carbonyl (C=O) groups is 1. The van der Waals surface area contributed by atoms with E-state index in [2.05, 4.69) is 20.7 Å². The Morgan fingerprint density at radius 1 is 1.45 bits per heavy atom. The van der Waals surface area contributed by atoms with Crippen LogP contribution in [0.1, 0.15) is 23.2 Å². The standard InChI is InChI=1S/C14H16BrF2NO2/c15-8-10-4-3-7-18(9-10)13(19)11-5-1-2-6-12(11)20-14(16)17/h1-2,5-6,10,14H,3-4,7-9H2. The molecule has 0 aromatic heterocycles. The molecule has 0 aliphatic carbocycles. The van der Waals surface area contributed by atoms with Crippen LogP contribution in [0.5, 0.6) is 5.75 Å². The molecule has 0 bridgehead atoms. The molecule has 1 fully saturated rings. The van der Waals surface area contributed by atoms with Gasteiger partial charge < -0.3 is 9.64 Å². The Morgan fingerprint density at radius 3 is 2.90 bits per heavy atom. The number of piperidine rings is 1. The average Bonchev–Trinajstić information content (AvgIpc) is 2.46. The van der Waals surface area contributed by atoms with Gasteiger partial charge in [0.15, 0.2) is 0 Å². The first-order chi connectivity index (χ1) is 9.61. The normalized spacial score (nSPS) is 19.2. The third-order valence-corrected chi connectivity index (χ3v) is 4.27. The van der Waals surface area contributed by atoms with Crippen molar-refractivity contribution in [3.05, 3.63) is 29.8 Å². The van der Waals surface area contributed by atoms with Crippen molar-refractivity contribution in [2.75, 3.05) is 18.4 Å². The molecule has 2 rings (SSSR count). The van der Waals surface area contributed by atoms with Gasteiger partial charge in [-0.2, -0.15) is 8.78 Å². The van der Waals surface area contributed by atoms with Gasteiger partial charge in [-0.15, -0.1) is 0 Å². The number of rotatable bonds is 4. The number of alkyl halides is 3. The number of halogens is 3. The third kappa shape index (κ3) is 3.69. The van der Waals surface area contributed by atoms with Crippen LogP contribution < -0.4 is 4.74 Å². The van der Waals surface area contributed by atoms with Crippen molar-refractivity contribution in [3.63, 3.8) is 0 Å². The first-order valence-electron chi connectivity index (χ1n) is 6.51. The van der Waals surface area contributed by atoms with E-state index in [9.17, 15) is 13.6 Å². The molecule has 0 radical (unpaired) electrons. The van der Waals surface area contributed by atoms with E-state index < -0.39 is 6.61 Å². The molecule has 1 atom stereocenters. The molecular formula is C14H16BrF2NO2. The highest BCUT2D eigenvalue weighted by atomic mass is 79.9. The Balaban J connectivity index is 2.16. The molecule has 1 heterocycles. The zero-order valence-corrected chi connectivity index (χ0v) is 12.5. The van der Waals surface area contributed by atoms with E-state index in [-0.39, 0.29) is 17.2 Å². The Morgan fingerprint density at radius 2 is 2.20 bits per heavy atom. The molecule has 1 saturated heterocycles. The van der Waals surface area contributed by atoms with E-state index in [4.69, 9.17) is 0 Å². The molecule has 110 valence electrons. The highest BCUT2D eigenvalue weighted by molar-refractivity contribution is 9.09. The summed E-state index contributed by atoms with van der Waals surface area (Å²) in [4.78, 5) is 14.2. The predicted octanol–water partition coefficient (Wildman–Crippen LogP) is 3.54.